The van der Waals surface area contributed by atoms with Crippen molar-refractivity contribution < 1.29 is 9.90 Å². The van der Waals surface area contributed by atoms with Gasteiger partial charge in [0.15, 0.2) is 0 Å². The molecule has 4 N–H and O–H groups in total. The molecule has 3 unspecified atom stereocenters. The van der Waals surface area contributed by atoms with Gasteiger partial charge in [0, 0.05) is 12.6 Å². The summed E-state index contributed by atoms with van der Waals surface area (Å²) in [6.07, 6.45) is -0.723. The number of hydrogen-bond donors (Lipinski definition) is 3. The summed E-state index contributed by atoms with van der Waals surface area (Å²) < 4.78 is 0. The van der Waals surface area contributed by atoms with Crippen LogP contribution in [-0.4, -0.2) is 17.6 Å². The second-order valence-corrected chi connectivity index (χ2v) is 5.90. The fourth-order valence-corrected chi connectivity index (χ4v) is 2.39. The van der Waals surface area contributed by atoms with Crippen molar-refractivity contribution in [3.63, 3.8) is 0 Å². The van der Waals surface area contributed by atoms with E-state index in [0.29, 0.717) is 0 Å². The molecule has 4 nitrogen and oxygen atoms in total. The highest BCUT2D eigenvalue weighted by Gasteiger charge is 2.22. The molecule has 0 aliphatic heterocycles. The van der Waals surface area contributed by atoms with Gasteiger partial charge in [-0.3, -0.25) is 4.79 Å². The first-order chi connectivity index (χ1) is 11.0. The zero-order valence-electron chi connectivity index (χ0n) is 13.6. The van der Waals surface area contributed by atoms with Crippen LogP contribution >= 0.6 is 0 Å². The van der Waals surface area contributed by atoms with Gasteiger partial charge in [-0.25, -0.2) is 0 Å². The van der Waals surface area contributed by atoms with Crippen LogP contribution in [0.2, 0.25) is 0 Å². The van der Waals surface area contributed by atoms with Gasteiger partial charge in [0.1, 0.15) is 0 Å². The monoisotopic (exact) mass is 312 g/mol. The highest BCUT2D eigenvalue weighted by atomic mass is 16.3. The summed E-state index contributed by atoms with van der Waals surface area (Å²) in [6.45, 7) is 3.96. The molecule has 0 aliphatic rings. The molecule has 3 atom stereocenters. The Morgan fingerprint density at radius 3 is 2.30 bits per heavy atom. The van der Waals surface area contributed by atoms with Crippen LogP contribution in [0.25, 0.3) is 0 Å². The van der Waals surface area contributed by atoms with Gasteiger partial charge in [-0.15, -0.1) is 0 Å². The van der Waals surface area contributed by atoms with Gasteiger partial charge in [0.05, 0.1) is 12.0 Å². The fraction of sp³-hybridized carbons (Fsp3) is 0.316. The van der Waals surface area contributed by atoms with E-state index in [1.54, 1.807) is 6.92 Å². The number of nitrogens with two attached hydrogens (primary N) is 1. The average Bonchev–Trinajstić information content (AvgIpc) is 2.59. The Morgan fingerprint density at radius 1 is 1.09 bits per heavy atom. The predicted molar refractivity (Wildman–Crippen MR) is 91.7 cm³/mol. The van der Waals surface area contributed by atoms with E-state index in [1.165, 1.54) is 0 Å². The van der Waals surface area contributed by atoms with Crippen LogP contribution in [0.1, 0.15) is 35.8 Å². The maximum Gasteiger partial charge on any atom is 0.224 e. The van der Waals surface area contributed by atoms with E-state index in [2.05, 4.69) is 5.32 Å². The van der Waals surface area contributed by atoms with E-state index in [9.17, 15) is 9.90 Å². The van der Waals surface area contributed by atoms with Crippen molar-refractivity contribution in [1.82, 2.24) is 5.32 Å². The molecule has 0 heterocycles. The van der Waals surface area contributed by atoms with Crippen LogP contribution in [-0.2, 0) is 4.79 Å². The lowest BCUT2D eigenvalue weighted by molar-refractivity contribution is -0.125. The molecule has 0 aromatic heterocycles. The maximum absolute atomic E-state index is 12.2. The summed E-state index contributed by atoms with van der Waals surface area (Å²) in [6, 6.07) is 16.8. The number of carbonyl (C=O) groups excluding carboxylic acids is 1. The Kier molecular flexibility index (Phi) is 5.90. The van der Waals surface area contributed by atoms with Crippen LogP contribution < -0.4 is 11.1 Å². The van der Waals surface area contributed by atoms with E-state index in [1.807, 2.05) is 61.5 Å². The molecule has 2 aromatic carbocycles. The Bertz CT molecular complexity index is 626. The van der Waals surface area contributed by atoms with Gasteiger partial charge < -0.3 is 16.2 Å². The third kappa shape index (κ3) is 4.65. The molecular formula is C19H24N2O2. The minimum Gasteiger partial charge on any atom is -0.387 e. The molecule has 4 heteroatoms. The average molecular weight is 312 g/mol. The molecule has 0 aliphatic carbocycles. The highest BCUT2D eigenvalue weighted by Crippen LogP contribution is 2.19. The third-order valence-electron chi connectivity index (χ3n) is 4.07. The molecule has 2 rings (SSSR count). The minimum atomic E-state index is -0.723. The summed E-state index contributed by atoms with van der Waals surface area (Å²) in [4.78, 5) is 12.2. The van der Waals surface area contributed by atoms with Crippen LogP contribution in [0.5, 0.6) is 0 Å². The Balaban J connectivity index is 1.89. The summed E-state index contributed by atoms with van der Waals surface area (Å²) in [5.41, 5.74) is 9.00. The van der Waals surface area contributed by atoms with Crippen LogP contribution in [0, 0.1) is 12.8 Å². The number of aryl methyl sites for hydroxylation is 1. The lowest BCUT2D eigenvalue weighted by Crippen LogP contribution is -2.37. The number of benzene rings is 2. The highest BCUT2D eigenvalue weighted by molar-refractivity contribution is 5.79. The molecule has 0 fully saturated rings. The largest absolute Gasteiger partial charge is 0.387 e. The predicted octanol–water partition coefficient (Wildman–Crippen LogP) is 2.48. The van der Waals surface area contributed by atoms with Crippen molar-refractivity contribution in [2.24, 2.45) is 11.7 Å². The summed E-state index contributed by atoms with van der Waals surface area (Å²) in [5, 5.41) is 12.9. The molecule has 1 amide bonds. The molecular weight excluding hydrogens is 288 g/mol. The quantitative estimate of drug-likeness (QED) is 0.767. The topological polar surface area (TPSA) is 75.3 Å². The van der Waals surface area contributed by atoms with Gasteiger partial charge >= 0.3 is 0 Å². The Hall–Kier alpha value is -2.17. The maximum atomic E-state index is 12.2. The van der Waals surface area contributed by atoms with Crippen molar-refractivity contribution >= 4 is 5.91 Å². The van der Waals surface area contributed by atoms with Crippen molar-refractivity contribution in [2.45, 2.75) is 26.0 Å². The Labute approximate surface area is 137 Å². The molecule has 0 spiro atoms. The van der Waals surface area contributed by atoms with Gasteiger partial charge in [-0.05, 0) is 18.1 Å². The van der Waals surface area contributed by atoms with E-state index in [0.717, 1.165) is 16.7 Å². The number of hydrogen-bond acceptors (Lipinski definition) is 3. The summed E-state index contributed by atoms with van der Waals surface area (Å²) >= 11 is 0. The second kappa shape index (κ2) is 7.90. The number of aliphatic hydroxyl groups excluding tert-OH is 1. The smallest absolute Gasteiger partial charge is 0.224 e. The van der Waals surface area contributed by atoms with Gasteiger partial charge in [0.25, 0.3) is 0 Å². The lowest BCUT2D eigenvalue weighted by atomic mass is 9.94. The van der Waals surface area contributed by atoms with Crippen LogP contribution in [0.3, 0.4) is 0 Å². The first-order valence-corrected chi connectivity index (χ1v) is 7.82. The first kappa shape index (κ1) is 17.2. The number of nitrogens with one attached hydrogen (secondary N) is 1. The number of amides is 1. The zero-order valence-corrected chi connectivity index (χ0v) is 13.6. The van der Waals surface area contributed by atoms with Crippen molar-refractivity contribution in [1.29, 1.82) is 0 Å². The molecule has 0 bridgehead atoms. The second-order valence-electron chi connectivity index (χ2n) is 5.90. The number of aliphatic hydroxyl groups is 1. The number of carbonyl (C=O) groups is 1. The van der Waals surface area contributed by atoms with E-state index in [-0.39, 0.29) is 24.4 Å². The normalized spacial score (nSPS) is 14.8. The van der Waals surface area contributed by atoms with Crippen LogP contribution in [0.15, 0.2) is 54.6 Å². The molecule has 23 heavy (non-hydrogen) atoms. The SMILES string of the molecule is Cc1ccc(C(O)CNC(=O)C(C)C(N)c2ccccc2)cc1. The number of rotatable bonds is 6. The van der Waals surface area contributed by atoms with Crippen molar-refractivity contribution in [3.8, 4) is 0 Å². The van der Waals surface area contributed by atoms with Gasteiger partial charge in [-0.2, -0.15) is 0 Å². The Morgan fingerprint density at radius 2 is 1.70 bits per heavy atom. The van der Waals surface area contributed by atoms with Crippen LogP contribution in [0.4, 0.5) is 0 Å². The van der Waals surface area contributed by atoms with E-state index < -0.39 is 6.10 Å². The van der Waals surface area contributed by atoms with Gasteiger partial charge in [0.2, 0.25) is 5.91 Å². The van der Waals surface area contributed by atoms with Crippen molar-refractivity contribution in [2.75, 3.05) is 6.54 Å². The standard InChI is InChI=1S/C19H24N2O2/c1-13-8-10-15(11-9-13)17(22)12-21-19(23)14(2)18(20)16-6-4-3-5-7-16/h3-11,14,17-18,22H,12,20H2,1-2H3,(H,21,23). The summed E-state index contributed by atoms with van der Waals surface area (Å²) in [5.74, 6) is -0.532. The molecule has 0 saturated heterocycles. The third-order valence-corrected chi connectivity index (χ3v) is 4.07. The molecule has 0 saturated carbocycles. The lowest BCUT2D eigenvalue weighted by Gasteiger charge is -2.21. The van der Waals surface area contributed by atoms with Gasteiger partial charge in [-0.1, -0.05) is 67.1 Å². The molecule has 2 aromatic rings. The van der Waals surface area contributed by atoms with E-state index in [4.69, 9.17) is 5.73 Å². The first-order valence-electron chi connectivity index (χ1n) is 7.82. The fourth-order valence-electron chi connectivity index (χ4n) is 2.39. The zero-order chi connectivity index (χ0) is 16.8. The molecule has 0 radical (unpaired) electrons. The van der Waals surface area contributed by atoms with E-state index >= 15 is 0 Å². The molecule has 122 valence electrons. The minimum absolute atomic E-state index is 0.160. The summed E-state index contributed by atoms with van der Waals surface area (Å²) in [7, 11) is 0. The van der Waals surface area contributed by atoms with Crippen molar-refractivity contribution in [3.05, 3.63) is 71.3 Å².